The number of fused-ring (bicyclic) bond motifs is 1. The lowest BCUT2D eigenvalue weighted by atomic mass is 10.2. The highest BCUT2D eigenvalue weighted by Crippen LogP contribution is 2.21. The third-order valence-electron chi connectivity index (χ3n) is 4.40. The van der Waals surface area contributed by atoms with Crippen LogP contribution in [-0.4, -0.2) is 15.9 Å². The monoisotopic (exact) mass is 434 g/mol. The number of carbonyl (C=O) groups excluding carboxylic acids is 1. The van der Waals surface area contributed by atoms with Gasteiger partial charge in [-0.3, -0.25) is 4.79 Å². The molecule has 0 unspecified atom stereocenters. The van der Waals surface area contributed by atoms with Crippen molar-refractivity contribution in [2.75, 3.05) is 10.6 Å². The first-order valence-corrected chi connectivity index (χ1v) is 9.72. The summed E-state index contributed by atoms with van der Waals surface area (Å²) in [4.78, 5) is 20.2. The fraction of sp³-hybridized carbons (Fsp3) is 0.0909. The second kappa shape index (κ2) is 7.86. The van der Waals surface area contributed by atoms with Gasteiger partial charge in [-0.05, 0) is 64.8 Å². The van der Waals surface area contributed by atoms with Crippen LogP contribution < -0.4 is 10.6 Å². The maximum atomic E-state index is 12.5. The number of amides is 1. The number of nitrogens with one attached hydrogen (secondary N) is 3. The first-order chi connectivity index (χ1) is 13.6. The molecule has 4 rings (SSSR count). The van der Waals surface area contributed by atoms with Crippen molar-refractivity contribution in [2.24, 2.45) is 0 Å². The van der Waals surface area contributed by atoms with Gasteiger partial charge in [0, 0.05) is 21.2 Å². The smallest absolute Gasteiger partial charge is 0.256 e. The van der Waals surface area contributed by atoms with Gasteiger partial charge in [0.05, 0.1) is 24.0 Å². The van der Waals surface area contributed by atoms with Crippen LogP contribution in [0, 0.1) is 6.92 Å². The molecule has 0 spiro atoms. The van der Waals surface area contributed by atoms with E-state index in [-0.39, 0.29) is 5.91 Å². The van der Waals surface area contributed by atoms with E-state index in [1.807, 2.05) is 42.5 Å². The van der Waals surface area contributed by atoms with Crippen LogP contribution in [0.5, 0.6) is 0 Å². The second-order valence-corrected chi connectivity index (χ2v) is 7.47. The van der Waals surface area contributed by atoms with Crippen molar-refractivity contribution in [2.45, 2.75) is 13.5 Å². The summed E-state index contributed by atoms with van der Waals surface area (Å²) in [6.07, 6.45) is 1.66. The number of H-pyrrole nitrogens is 1. The molecule has 28 heavy (non-hydrogen) atoms. The Morgan fingerprint density at radius 1 is 1.07 bits per heavy atom. The zero-order valence-electron chi connectivity index (χ0n) is 15.3. The van der Waals surface area contributed by atoms with E-state index in [4.69, 9.17) is 0 Å². The van der Waals surface area contributed by atoms with Crippen molar-refractivity contribution in [3.8, 4) is 0 Å². The Bertz CT molecular complexity index is 1150. The molecule has 4 aromatic rings. The number of benzene rings is 2. The minimum atomic E-state index is -0.175. The third-order valence-corrected chi connectivity index (χ3v) is 5.09. The van der Waals surface area contributed by atoms with E-state index in [9.17, 15) is 4.79 Å². The van der Waals surface area contributed by atoms with Gasteiger partial charge in [0.1, 0.15) is 5.65 Å². The SMILES string of the molecule is Cc1cccc(NCc2cc3cc(NC(=O)c4ccccc4Br)cnc3[nH]2)c1. The molecule has 0 aliphatic heterocycles. The molecule has 0 saturated carbocycles. The zero-order valence-corrected chi connectivity index (χ0v) is 16.9. The standard InChI is InChI=1S/C22H19BrN4O/c1-14-5-4-6-16(9-14)24-12-17-10-15-11-18(13-25-21(15)26-17)27-22(28)19-7-2-3-8-20(19)23/h2-11,13,24H,12H2,1H3,(H,25,26)(H,27,28). The molecule has 0 aliphatic rings. The molecule has 2 aromatic heterocycles. The van der Waals surface area contributed by atoms with Crippen molar-refractivity contribution >= 4 is 44.2 Å². The summed E-state index contributed by atoms with van der Waals surface area (Å²) in [5.74, 6) is -0.175. The average molecular weight is 435 g/mol. The lowest BCUT2D eigenvalue weighted by Gasteiger charge is -2.06. The largest absolute Gasteiger partial charge is 0.379 e. The molecule has 1 amide bonds. The number of carbonyl (C=O) groups is 1. The molecule has 0 aliphatic carbocycles. The summed E-state index contributed by atoms with van der Waals surface area (Å²) in [5.41, 5.74) is 5.35. The van der Waals surface area contributed by atoms with Gasteiger partial charge in [0.15, 0.2) is 0 Å². The lowest BCUT2D eigenvalue weighted by molar-refractivity contribution is 0.102. The van der Waals surface area contributed by atoms with Gasteiger partial charge in [-0.1, -0.05) is 24.3 Å². The summed E-state index contributed by atoms with van der Waals surface area (Å²) in [6, 6.07) is 19.5. The van der Waals surface area contributed by atoms with Crippen molar-refractivity contribution in [1.29, 1.82) is 0 Å². The Hall–Kier alpha value is -3.12. The number of nitrogens with zero attached hydrogens (tertiary/aromatic N) is 1. The van der Waals surface area contributed by atoms with E-state index in [1.54, 1.807) is 12.3 Å². The Balaban J connectivity index is 1.48. The number of hydrogen-bond acceptors (Lipinski definition) is 3. The molecule has 2 aromatic carbocycles. The number of halogens is 1. The summed E-state index contributed by atoms with van der Waals surface area (Å²) >= 11 is 3.41. The molecular weight excluding hydrogens is 416 g/mol. The van der Waals surface area contributed by atoms with Crippen molar-refractivity contribution in [3.63, 3.8) is 0 Å². The van der Waals surface area contributed by atoms with Crippen LogP contribution in [0.25, 0.3) is 11.0 Å². The van der Waals surface area contributed by atoms with Crippen LogP contribution in [0.3, 0.4) is 0 Å². The second-order valence-electron chi connectivity index (χ2n) is 6.61. The fourth-order valence-corrected chi connectivity index (χ4v) is 3.50. The fourth-order valence-electron chi connectivity index (χ4n) is 3.03. The molecule has 0 fully saturated rings. The topological polar surface area (TPSA) is 69.8 Å². The maximum Gasteiger partial charge on any atom is 0.256 e. The quantitative estimate of drug-likeness (QED) is 0.388. The van der Waals surface area contributed by atoms with Gasteiger partial charge in [0.2, 0.25) is 0 Å². The molecule has 5 nitrogen and oxygen atoms in total. The van der Waals surface area contributed by atoms with Gasteiger partial charge < -0.3 is 15.6 Å². The van der Waals surface area contributed by atoms with Gasteiger partial charge in [-0.25, -0.2) is 4.98 Å². The predicted octanol–water partition coefficient (Wildman–Crippen LogP) is 5.50. The number of hydrogen-bond donors (Lipinski definition) is 3. The van der Waals surface area contributed by atoms with E-state index < -0.39 is 0 Å². The number of anilines is 2. The van der Waals surface area contributed by atoms with Crippen molar-refractivity contribution in [1.82, 2.24) is 9.97 Å². The predicted molar refractivity (Wildman–Crippen MR) is 117 cm³/mol. The van der Waals surface area contributed by atoms with Gasteiger partial charge in [-0.2, -0.15) is 0 Å². The van der Waals surface area contributed by atoms with E-state index >= 15 is 0 Å². The Morgan fingerprint density at radius 3 is 2.75 bits per heavy atom. The van der Waals surface area contributed by atoms with Crippen LogP contribution in [0.1, 0.15) is 21.6 Å². The Morgan fingerprint density at radius 2 is 1.93 bits per heavy atom. The Labute approximate surface area is 171 Å². The molecule has 0 atom stereocenters. The molecule has 140 valence electrons. The van der Waals surface area contributed by atoms with E-state index in [2.05, 4.69) is 55.6 Å². The summed E-state index contributed by atoms with van der Waals surface area (Å²) < 4.78 is 0.757. The number of rotatable bonds is 5. The van der Waals surface area contributed by atoms with E-state index in [0.29, 0.717) is 17.8 Å². The minimum absolute atomic E-state index is 0.175. The number of pyridine rings is 1. The highest BCUT2D eigenvalue weighted by Gasteiger charge is 2.11. The molecular formula is C22H19BrN4O. The van der Waals surface area contributed by atoms with E-state index in [1.165, 1.54) is 5.56 Å². The van der Waals surface area contributed by atoms with Crippen LogP contribution in [-0.2, 0) is 6.54 Å². The van der Waals surface area contributed by atoms with Crippen molar-refractivity contribution < 1.29 is 4.79 Å². The van der Waals surface area contributed by atoms with Crippen LogP contribution >= 0.6 is 15.9 Å². The number of aryl methyl sites for hydroxylation is 1. The maximum absolute atomic E-state index is 12.5. The molecule has 0 radical (unpaired) electrons. The molecule has 0 bridgehead atoms. The Kier molecular flexibility index (Phi) is 5.12. The van der Waals surface area contributed by atoms with Crippen LogP contribution in [0.2, 0.25) is 0 Å². The first kappa shape index (κ1) is 18.3. The summed E-state index contributed by atoms with van der Waals surface area (Å²) in [7, 11) is 0. The molecule has 3 N–H and O–H groups in total. The molecule has 6 heteroatoms. The number of aromatic nitrogens is 2. The van der Waals surface area contributed by atoms with E-state index in [0.717, 1.165) is 26.9 Å². The lowest BCUT2D eigenvalue weighted by Crippen LogP contribution is -2.12. The highest BCUT2D eigenvalue weighted by molar-refractivity contribution is 9.10. The highest BCUT2D eigenvalue weighted by atomic mass is 79.9. The first-order valence-electron chi connectivity index (χ1n) is 8.92. The summed E-state index contributed by atoms with van der Waals surface area (Å²) in [5, 5.41) is 7.26. The van der Waals surface area contributed by atoms with Gasteiger partial charge in [0.25, 0.3) is 5.91 Å². The van der Waals surface area contributed by atoms with Crippen LogP contribution in [0.4, 0.5) is 11.4 Å². The van der Waals surface area contributed by atoms with Gasteiger partial charge >= 0.3 is 0 Å². The van der Waals surface area contributed by atoms with Gasteiger partial charge in [-0.15, -0.1) is 0 Å². The normalized spacial score (nSPS) is 10.8. The minimum Gasteiger partial charge on any atom is -0.379 e. The molecule has 2 heterocycles. The third kappa shape index (κ3) is 4.07. The molecule has 0 saturated heterocycles. The zero-order chi connectivity index (χ0) is 19.5. The average Bonchev–Trinajstić information content (AvgIpc) is 3.09. The summed E-state index contributed by atoms with van der Waals surface area (Å²) in [6.45, 7) is 2.74. The van der Waals surface area contributed by atoms with Crippen molar-refractivity contribution in [3.05, 3.63) is 88.2 Å². The number of aromatic amines is 1. The van der Waals surface area contributed by atoms with Crippen LogP contribution in [0.15, 0.2) is 71.3 Å².